The first-order valence-electron chi connectivity index (χ1n) is 9.06. The fourth-order valence-electron chi connectivity index (χ4n) is 2.53. The number of amides is 1. The Kier molecular flexibility index (Phi) is 6.68. The normalized spacial score (nSPS) is 10.9. The van der Waals surface area contributed by atoms with Gasteiger partial charge in [0.1, 0.15) is 5.75 Å². The SMILES string of the molecule is CC(=O)Nc1ccc(N=Cc2ccccc2OC(=O)C=Cc2ccccc2)cc1. The molecule has 0 atom stereocenters. The molecule has 29 heavy (non-hydrogen) atoms. The molecule has 0 heterocycles. The molecule has 0 aromatic heterocycles. The van der Waals surface area contributed by atoms with Crippen LogP contribution in [0.4, 0.5) is 11.4 Å². The fraction of sp³-hybridized carbons (Fsp3) is 0.0417. The molecule has 0 aliphatic heterocycles. The molecule has 0 aliphatic rings. The van der Waals surface area contributed by atoms with Gasteiger partial charge >= 0.3 is 5.97 Å². The van der Waals surface area contributed by atoms with Crippen LogP contribution in [0.25, 0.3) is 6.08 Å². The van der Waals surface area contributed by atoms with Crippen LogP contribution in [0.3, 0.4) is 0 Å². The van der Waals surface area contributed by atoms with E-state index in [1.807, 2.05) is 42.5 Å². The van der Waals surface area contributed by atoms with Crippen LogP contribution in [0.15, 0.2) is 89.9 Å². The smallest absolute Gasteiger partial charge is 0.336 e. The van der Waals surface area contributed by atoms with Crippen molar-refractivity contribution in [2.45, 2.75) is 6.92 Å². The van der Waals surface area contributed by atoms with Gasteiger partial charge in [0.2, 0.25) is 5.91 Å². The third-order valence-electron chi connectivity index (χ3n) is 3.88. The lowest BCUT2D eigenvalue weighted by atomic mass is 10.2. The van der Waals surface area contributed by atoms with Crippen molar-refractivity contribution in [3.63, 3.8) is 0 Å². The highest BCUT2D eigenvalue weighted by atomic mass is 16.5. The minimum absolute atomic E-state index is 0.127. The Morgan fingerprint density at radius 1 is 0.897 bits per heavy atom. The summed E-state index contributed by atoms with van der Waals surface area (Å²) >= 11 is 0. The number of anilines is 1. The van der Waals surface area contributed by atoms with E-state index >= 15 is 0 Å². The van der Waals surface area contributed by atoms with E-state index in [0.717, 1.165) is 5.56 Å². The van der Waals surface area contributed by atoms with Crippen LogP contribution in [0.5, 0.6) is 5.75 Å². The Bertz CT molecular complexity index is 1040. The number of nitrogens with one attached hydrogen (secondary N) is 1. The zero-order valence-electron chi connectivity index (χ0n) is 15.9. The summed E-state index contributed by atoms with van der Waals surface area (Å²) in [6.07, 6.45) is 4.73. The lowest BCUT2D eigenvalue weighted by Crippen LogP contribution is -2.05. The zero-order valence-corrected chi connectivity index (χ0v) is 15.9. The number of hydrogen-bond acceptors (Lipinski definition) is 4. The highest BCUT2D eigenvalue weighted by Crippen LogP contribution is 2.20. The fourth-order valence-corrected chi connectivity index (χ4v) is 2.53. The summed E-state index contributed by atoms with van der Waals surface area (Å²) in [6, 6.07) is 23.8. The third kappa shape index (κ3) is 6.29. The maximum absolute atomic E-state index is 12.1. The Morgan fingerprint density at radius 3 is 2.31 bits per heavy atom. The Hall–Kier alpha value is -3.99. The van der Waals surface area contributed by atoms with Gasteiger partial charge in [0, 0.05) is 30.5 Å². The molecule has 0 saturated carbocycles. The van der Waals surface area contributed by atoms with E-state index in [1.165, 1.54) is 13.0 Å². The summed E-state index contributed by atoms with van der Waals surface area (Å²) in [6.45, 7) is 1.46. The van der Waals surface area contributed by atoms with Gasteiger partial charge in [-0.1, -0.05) is 42.5 Å². The van der Waals surface area contributed by atoms with Crippen LogP contribution in [0, 0.1) is 0 Å². The van der Waals surface area contributed by atoms with Crippen molar-refractivity contribution in [1.29, 1.82) is 0 Å². The first kappa shape index (κ1) is 19.8. The van der Waals surface area contributed by atoms with Crippen LogP contribution >= 0.6 is 0 Å². The van der Waals surface area contributed by atoms with Crippen molar-refractivity contribution < 1.29 is 14.3 Å². The number of carbonyl (C=O) groups is 2. The van der Waals surface area contributed by atoms with Crippen LogP contribution in [-0.2, 0) is 9.59 Å². The molecule has 144 valence electrons. The van der Waals surface area contributed by atoms with Gasteiger partial charge in [-0.25, -0.2) is 4.79 Å². The predicted molar refractivity (Wildman–Crippen MR) is 116 cm³/mol. The van der Waals surface area contributed by atoms with E-state index in [1.54, 1.807) is 48.7 Å². The summed E-state index contributed by atoms with van der Waals surface area (Å²) in [4.78, 5) is 27.6. The molecule has 5 nitrogen and oxygen atoms in total. The molecule has 3 aromatic rings. The minimum Gasteiger partial charge on any atom is -0.423 e. The van der Waals surface area contributed by atoms with Crippen LogP contribution in [0.1, 0.15) is 18.1 Å². The maximum Gasteiger partial charge on any atom is 0.336 e. The minimum atomic E-state index is -0.464. The number of para-hydroxylation sites is 1. The third-order valence-corrected chi connectivity index (χ3v) is 3.88. The van der Waals surface area contributed by atoms with E-state index in [9.17, 15) is 9.59 Å². The van der Waals surface area contributed by atoms with Crippen molar-refractivity contribution in [3.8, 4) is 5.75 Å². The van der Waals surface area contributed by atoms with Crippen molar-refractivity contribution in [3.05, 3.63) is 96.1 Å². The lowest BCUT2D eigenvalue weighted by molar-refractivity contribution is -0.128. The molecule has 5 heteroatoms. The zero-order chi connectivity index (χ0) is 20.5. The number of ether oxygens (including phenoxy) is 1. The van der Waals surface area contributed by atoms with Crippen LogP contribution in [-0.4, -0.2) is 18.1 Å². The molecule has 0 unspecified atom stereocenters. The first-order valence-corrected chi connectivity index (χ1v) is 9.06. The van der Waals surface area contributed by atoms with E-state index in [-0.39, 0.29) is 5.91 Å². The van der Waals surface area contributed by atoms with Gasteiger partial charge < -0.3 is 10.1 Å². The van der Waals surface area contributed by atoms with Gasteiger partial charge in [0.25, 0.3) is 0 Å². The summed E-state index contributed by atoms with van der Waals surface area (Å²) < 4.78 is 5.45. The molecular formula is C24H20N2O3. The highest BCUT2D eigenvalue weighted by Gasteiger charge is 2.05. The van der Waals surface area contributed by atoms with E-state index in [4.69, 9.17) is 4.74 Å². The Morgan fingerprint density at radius 2 is 1.59 bits per heavy atom. The van der Waals surface area contributed by atoms with Gasteiger partial charge in [-0.2, -0.15) is 0 Å². The van der Waals surface area contributed by atoms with Crippen LogP contribution in [0.2, 0.25) is 0 Å². The molecule has 0 radical (unpaired) electrons. The molecule has 0 bridgehead atoms. The first-order chi connectivity index (χ1) is 14.1. The van der Waals surface area contributed by atoms with E-state index < -0.39 is 5.97 Å². The largest absolute Gasteiger partial charge is 0.423 e. The molecule has 1 N–H and O–H groups in total. The molecule has 0 spiro atoms. The highest BCUT2D eigenvalue weighted by molar-refractivity contribution is 5.92. The topological polar surface area (TPSA) is 67.8 Å². The second kappa shape index (κ2) is 9.80. The average molecular weight is 384 g/mol. The van der Waals surface area contributed by atoms with Gasteiger partial charge in [0.05, 0.1) is 5.69 Å². The summed E-state index contributed by atoms with van der Waals surface area (Å²) in [7, 11) is 0. The quantitative estimate of drug-likeness (QED) is 0.281. The molecule has 3 aromatic carbocycles. The molecular weight excluding hydrogens is 364 g/mol. The molecule has 0 saturated heterocycles. The van der Waals surface area contributed by atoms with Crippen molar-refractivity contribution in [1.82, 2.24) is 0 Å². The van der Waals surface area contributed by atoms with Crippen molar-refractivity contribution >= 4 is 35.5 Å². The average Bonchev–Trinajstić information content (AvgIpc) is 2.73. The van der Waals surface area contributed by atoms with Crippen molar-refractivity contribution in [2.24, 2.45) is 4.99 Å². The van der Waals surface area contributed by atoms with Crippen molar-refractivity contribution in [2.75, 3.05) is 5.32 Å². The lowest BCUT2D eigenvalue weighted by Gasteiger charge is -2.05. The maximum atomic E-state index is 12.1. The Balaban J connectivity index is 1.68. The second-order valence-corrected chi connectivity index (χ2v) is 6.19. The summed E-state index contributed by atoms with van der Waals surface area (Å²) in [5.41, 5.74) is 3.02. The Labute approximate surface area is 169 Å². The predicted octanol–water partition coefficient (Wildman–Crippen LogP) is 5.01. The number of esters is 1. The van der Waals surface area contributed by atoms with Gasteiger partial charge in [-0.15, -0.1) is 0 Å². The molecule has 0 fully saturated rings. The molecule has 1 amide bonds. The van der Waals surface area contributed by atoms with Gasteiger partial charge in [0.15, 0.2) is 0 Å². The number of benzene rings is 3. The molecule has 3 rings (SSSR count). The number of nitrogens with zero attached hydrogens (tertiary/aromatic N) is 1. The number of carbonyl (C=O) groups excluding carboxylic acids is 2. The second-order valence-electron chi connectivity index (χ2n) is 6.19. The standard InChI is InChI=1S/C24H20N2O3/c1-18(27)26-22-14-12-21(13-15-22)25-17-20-9-5-6-10-23(20)29-24(28)16-11-19-7-3-2-4-8-19/h2-17H,1H3,(H,26,27). The van der Waals surface area contributed by atoms with Crippen LogP contribution < -0.4 is 10.1 Å². The molecule has 0 aliphatic carbocycles. The summed E-state index contributed by atoms with van der Waals surface area (Å²) in [5.74, 6) is -0.165. The monoisotopic (exact) mass is 384 g/mol. The van der Waals surface area contributed by atoms with Gasteiger partial charge in [-0.05, 0) is 48.0 Å². The number of rotatable bonds is 6. The summed E-state index contributed by atoms with van der Waals surface area (Å²) in [5, 5.41) is 2.71. The van der Waals surface area contributed by atoms with E-state index in [2.05, 4.69) is 10.3 Å². The van der Waals surface area contributed by atoms with Gasteiger partial charge in [-0.3, -0.25) is 9.79 Å². The van der Waals surface area contributed by atoms with E-state index in [0.29, 0.717) is 22.7 Å². The number of aliphatic imine (C=N–C) groups is 1. The number of hydrogen-bond donors (Lipinski definition) is 1.